The molecule has 22 heavy (non-hydrogen) atoms. The highest BCUT2D eigenvalue weighted by Gasteiger charge is 2.23. The first-order chi connectivity index (χ1) is 10.5. The number of ether oxygens (including phenoxy) is 1. The molecule has 1 atom stereocenters. The molecule has 1 aromatic heterocycles. The van der Waals surface area contributed by atoms with Gasteiger partial charge in [0.25, 0.3) is 0 Å². The molecule has 0 saturated carbocycles. The fraction of sp³-hybridized carbons (Fsp3) is 0.786. The van der Waals surface area contributed by atoms with E-state index < -0.39 is 0 Å². The quantitative estimate of drug-likeness (QED) is 0.790. The molecule has 1 aromatic rings. The van der Waals surface area contributed by atoms with E-state index in [2.05, 4.69) is 31.9 Å². The molecular formula is C14H25N5O2S. The standard InChI is InChI=1S/C14H25N5O2S/c1-5-19-13(18-6-8-21-9-7-18)16-17-14(19)22-11(4)12(20)15-10(2)3/h10-11H,5-9H2,1-4H3,(H,15,20)/t11-/m1/s1. The summed E-state index contributed by atoms with van der Waals surface area (Å²) in [5, 5.41) is 12.1. The number of nitrogens with zero attached hydrogens (tertiary/aromatic N) is 4. The Balaban J connectivity index is 2.08. The minimum Gasteiger partial charge on any atom is -0.378 e. The fourth-order valence-corrected chi connectivity index (χ4v) is 3.17. The maximum absolute atomic E-state index is 12.0. The van der Waals surface area contributed by atoms with Gasteiger partial charge in [-0.2, -0.15) is 0 Å². The highest BCUT2D eigenvalue weighted by Crippen LogP contribution is 2.26. The molecule has 0 unspecified atom stereocenters. The van der Waals surface area contributed by atoms with Gasteiger partial charge < -0.3 is 15.0 Å². The summed E-state index contributed by atoms with van der Waals surface area (Å²) in [5.41, 5.74) is 0. The van der Waals surface area contributed by atoms with E-state index in [4.69, 9.17) is 4.74 Å². The number of hydrogen-bond donors (Lipinski definition) is 1. The number of carbonyl (C=O) groups is 1. The van der Waals surface area contributed by atoms with Crippen molar-refractivity contribution < 1.29 is 9.53 Å². The van der Waals surface area contributed by atoms with Gasteiger partial charge >= 0.3 is 0 Å². The minimum absolute atomic E-state index is 0.0265. The number of anilines is 1. The molecule has 1 fully saturated rings. The van der Waals surface area contributed by atoms with Gasteiger partial charge in [0, 0.05) is 25.7 Å². The molecule has 1 amide bonds. The number of nitrogens with one attached hydrogen (secondary N) is 1. The van der Waals surface area contributed by atoms with Gasteiger partial charge in [0.2, 0.25) is 11.9 Å². The van der Waals surface area contributed by atoms with Crippen LogP contribution in [0.5, 0.6) is 0 Å². The molecule has 7 nitrogen and oxygen atoms in total. The van der Waals surface area contributed by atoms with E-state index in [9.17, 15) is 4.79 Å². The van der Waals surface area contributed by atoms with Gasteiger partial charge in [0.15, 0.2) is 5.16 Å². The van der Waals surface area contributed by atoms with E-state index in [1.165, 1.54) is 11.8 Å². The predicted octanol–water partition coefficient (Wildman–Crippen LogP) is 1.14. The maximum Gasteiger partial charge on any atom is 0.233 e. The monoisotopic (exact) mass is 327 g/mol. The lowest BCUT2D eigenvalue weighted by molar-refractivity contribution is -0.120. The molecule has 1 aliphatic heterocycles. The first-order valence-corrected chi connectivity index (χ1v) is 8.63. The Morgan fingerprint density at radius 2 is 2.00 bits per heavy atom. The van der Waals surface area contributed by atoms with E-state index in [-0.39, 0.29) is 17.2 Å². The first kappa shape index (κ1) is 17.1. The average Bonchev–Trinajstić information content (AvgIpc) is 2.90. The smallest absolute Gasteiger partial charge is 0.233 e. The molecule has 0 aliphatic carbocycles. The number of amides is 1. The summed E-state index contributed by atoms with van der Waals surface area (Å²) < 4.78 is 7.44. The van der Waals surface area contributed by atoms with Gasteiger partial charge in [-0.05, 0) is 27.7 Å². The van der Waals surface area contributed by atoms with Gasteiger partial charge in [-0.3, -0.25) is 9.36 Å². The van der Waals surface area contributed by atoms with Crippen LogP contribution in [0.15, 0.2) is 5.16 Å². The van der Waals surface area contributed by atoms with Crippen molar-refractivity contribution in [1.29, 1.82) is 0 Å². The number of aromatic nitrogens is 3. The van der Waals surface area contributed by atoms with Crippen LogP contribution in [0.1, 0.15) is 27.7 Å². The lowest BCUT2D eigenvalue weighted by atomic mass is 10.3. The second-order valence-electron chi connectivity index (χ2n) is 5.55. The van der Waals surface area contributed by atoms with Crippen LogP contribution in [0.25, 0.3) is 0 Å². The van der Waals surface area contributed by atoms with Crippen LogP contribution in [0.2, 0.25) is 0 Å². The van der Waals surface area contributed by atoms with Crippen molar-refractivity contribution in [3.05, 3.63) is 0 Å². The Bertz CT molecular complexity index is 499. The molecule has 0 radical (unpaired) electrons. The summed E-state index contributed by atoms with van der Waals surface area (Å²) >= 11 is 1.45. The molecular weight excluding hydrogens is 302 g/mol. The summed E-state index contributed by atoms with van der Waals surface area (Å²) in [6.45, 7) is 11.7. The summed E-state index contributed by atoms with van der Waals surface area (Å²) in [6.07, 6.45) is 0. The Hall–Kier alpha value is -1.28. The van der Waals surface area contributed by atoms with Crippen molar-refractivity contribution in [3.8, 4) is 0 Å². The zero-order chi connectivity index (χ0) is 16.1. The Kier molecular flexibility index (Phi) is 6.07. The number of morpholine rings is 1. The Labute approximate surface area is 135 Å². The van der Waals surface area contributed by atoms with Crippen molar-refractivity contribution in [3.63, 3.8) is 0 Å². The average molecular weight is 327 g/mol. The van der Waals surface area contributed by atoms with Gasteiger partial charge in [0.05, 0.1) is 18.5 Å². The van der Waals surface area contributed by atoms with Crippen molar-refractivity contribution in [2.45, 2.75) is 50.7 Å². The van der Waals surface area contributed by atoms with E-state index in [1.54, 1.807) is 0 Å². The molecule has 1 saturated heterocycles. The van der Waals surface area contributed by atoms with Crippen molar-refractivity contribution in [2.24, 2.45) is 0 Å². The minimum atomic E-state index is -0.200. The van der Waals surface area contributed by atoms with Crippen molar-refractivity contribution >= 4 is 23.6 Å². The lowest BCUT2D eigenvalue weighted by Crippen LogP contribution is -2.38. The SMILES string of the molecule is CCn1c(S[C@H](C)C(=O)NC(C)C)nnc1N1CCOCC1. The maximum atomic E-state index is 12.0. The van der Waals surface area contributed by atoms with Crippen LogP contribution in [-0.4, -0.2) is 58.3 Å². The summed E-state index contributed by atoms with van der Waals surface area (Å²) in [5.74, 6) is 0.892. The molecule has 2 heterocycles. The van der Waals surface area contributed by atoms with E-state index in [0.717, 1.165) is 30.7 Å². The zero-order valence-corrected chi connectivity index (χ0v) is 14.5. The van der Waals surface area contributed by atoms with Crippen LogP contribution in [-0.2, 0) is 16.1 Å². The van der Waals surface area contributed by atoms with Crippen molar-refractivity contribution in [1.82, 2.24) is 20.1 Å². The molecule has 1 aliphatic rings. The summed E-state index contributed by atoms with van der Waals surface area (Å²) in [7, 11) is 0. The van der Waals surface area contributed by atoms with E-state index in [1.807, 2.05) is 20.8 Å². The van der Waals surface area contributed by atoms with Gasteiger partial charge in [0.1, 0.15) is 0 Å². The fourth-order valence-electron chi connectivity index (χ4n) is 2.26. The lowest BCUT2D eigenvalue weighted by Gasteiger charge is -2.27. The molecule has 1 N–H and O–H groups in total. The molecule has 0 bridgehead atoms. The van der Waals surface area contributed by atoms with Crippen LogP contribution in [0.4, 0.5) is 5.95 Å². The number of hydrogen-bond acceptors (Lipinski definition) is 6. The second kappa shape index (κ2) is 7.82. The molecule has 0 spiro atoms. The van der Waals surface area contributed by atoms with Crippen molar-refractivity contribution in [2.75, 3.05) is 31.2 Å². The molecule has 8 heteroatoms. The van der Waals surface area contributed by atoms with Crippen LogP contribution < -0.4 is 10.2 Å². The molecule has 124 valence electrons. The third kappa shape index (κ3) is 4.13. The van der Waals surface area contributed by atoms with Gasteiger partial charge in [-0.1, -0.05) is 11.8 Å². The number of thioether (sulfide) groups is 1. The number of carbonyl (C=O) groups excluding carboxylic acids is 1. The summed E-state index contributed by atoms with van der Waals surface area (Å²) in [6, 6.07) is 0.142. The van der Waals surface area contributed by atoms with E-state index in [0.29, 0.717) is 13.2 Å². The Morgan fingerprint density at radius 3 is 2.59 bits per heavy atom. The first-order valence-electron chi connectivity index (χ1n) is 7.75. The Morgan fingerprint density at radius 1 is 1.32 bits per heavy atom. The predicted molar refractivity (Wildman–Crippen MR) is 87.3 cm³/mol. The van der Waals surface area contributed by atoms with Gasteiger partial charge in [-0.15, -0.1) is 10.2 Å². The topological polar surface area (TPSA) is 72.3 Å². The highest BCUT2D eigenvalue weighted by molar-refractivity contribution is 8.00. The zero-order valence-electron chi connectivity index (χ0n) is 13.7. The molecule has 2 rings (SSSR count). The second-order valence-corrected chi connectivity index (χ2v) is 6.86. The van der Waals surface area contributed by atoms with Gasteiger partial charge in [-0.25, -0.2) is 0 Å². The third-order valence-corrected chi connectivity index (χ3v) is 4.47. The summed E-state index contributed by atoms with van der Waals surface area (Å²) in [4.78, 5) is 14.2. The van der Waals surface area contributed by atoms with Crippen LogP contribution >= 0.6 is 11.8 Å². The number of rotatable bonds is 6. The molecule has 0 aromatic carbocycles. The third-order valence-electron chi connectivity index (χ3n) is 3.39. The van der Waals surface area contributed by atoms with Crippen LogP contribution in [0, 0.1) is 0 Å². The van der Waals surface area contributed by atoms with E-state index >= 15 is 0 Å². The largest absolute Gasteiger partial charge is 0.378 e. The highest BCUT2D eigenvalue weighted by atomic mass is 32.2. The van der Waals surface area contributed by atoms with Crippen LogP contribution in [0.3, 0.4) is 0 Å². The normalized spacial score (nSPS) is 16.9.